The predicted molar refractivity (Wildman–Crippen MR) is 107 cm³/mol. The molecule has 1 amide bonds. The number of aromatic nitrogens is 2. The molecule has 29 heavy (non-hydrogen) atoms. The van der Waals surface area contributed by atoms with Crippen LogP contribution in [-0.2, 0) is 14.8 Å². The number of aromatic amines is 2. The topological polar surface area (TPSA) is 132 Å². The van der Waals surface area contributed by atoms with Gasteiger partial charge in [0.05, 0.1) is 11.6 Å². The number of carbonyl (C=O) groups is 1. The second-order valence-corrected chi connectivity index (χ2v) is 9.47. The molecule has 1 fully saturated rings. The smallest absolute Gasteiger partial charge is 0.323 e. The van der Waals surface area contributed by atoms with Gasteiger partial charge in [-0.15, -0.1) is 0 Å². The lowest BCUT2D eigenvalue weighted by atomic mass is 9.98. The molecule has 1 aromatic heterocycles. The highest BCUT2D eigenvalue weighted by atomic mass is 79.9. The first-order valence-corrected chi connectivity index (χ1v) is 10.9. The normalized spacial score (nSPS) is 17.8. The Kier molecular flexibility index (Phi) is 6.05. The van der Waals surface area contributed by atoms with Crippen LogP contribution in [0.5, 0.6) is 0 Å². The molecule has 0 saturated carbocycles. The lowest BCUT2D eigenvalue weighted by Gasteiger charge is -2.31. The predicted octanol–water partition coefficient (Wildman–Crippen LogP) is 1.31. The van der Waals surface area contributed by atoms with Crippen LogP contribution in [0.4, 0.5) is 10.1 Å². The molecule has 9 nitrogen and oxygen atoms in total. The van der Waals surface area contributed by atoms with Gasteiger partial charge in [0.15, 0.2) is 4.90 Å². The van der Waals surface area contributed by atoms with Crippen molar-refractivity contribution in [2.24, 2.45) is 5.92 Å². The van der Waals surface area contributed by atoms with Crippen molar-refractivity contribution in [1.82, 2.24) is 14.3 Å². The maximum Gasteiger partial charge on any atom is 0.325 e. The average molecular weight is 489 g/mol. The molecule has 1 aliphatic heterocycles. The number of benzene rings is 1. The zero-order chi connectivity index (χ0) is 21.3. The zero-order valence-electron chi connectivity index (χ0n) is 15.3. The van der Waals surface area contributed by atoms with Gasteiger partial charge in [-0.25, -0.2) is 17.6 Å². The van der Waals surface area contributed by atoms with Crippen molar-refractivity contribution in [1.29, 1.82) is 0 Å². The first-order chi connectivity index (χ1) is 13.6. The number of piperidine rings is 1. The summed E-state index contributed by atoms with van der Waals surface area (Å²) in [5.41, 5.74) is -1.91. The standard InChI is InChI=1S/C17H18BrFN4O5S/c1-9-14(16(25)22-17(26)20-9)29(27,28)23-6-2-3-10(8-23)15(24)21-13-5-4-11(18)7-12(13)19/h4-5,7,10H,2-3,6,8H2,1H3,(H,21,24)(H2,20,22,25,26)/t10-/m1/s1. The molecule has 156 valence electrons. The lowest BCUT2D eigenvalue weighted by molar-refractivity contribution is -0.120. The zero-order valence-corrected chi connectivity index (χ0v) is 17.7. The molecule has 12 heteroatoms. The van der Waals surface area contributed by atoms with Crippen molar-refractivity contribution in [2.75, 3.05) is 18.4 Å². The van der Waals surface area contributed by atoms with Crippen LogP contribution in [0.2, 0.25) is 0 Å². The van der Waals surface area contributed by atoms with Crippen molar-refractivity contribution in [3.05, 3.63) is 55.0 Å². The highest BCUT2D eigenvalue weighted by molar-refractivity contribution is 9.10. The van der Waals surface area contributed by atoms with E-state index in [1.54, 1.807) is 6.07 Å². The molecule has 0 bridgehead atoms. The van der Waals surface area contributed by atoms with Crippen LogP contribution < -0.4 is 16.6 Å². The van der Waals surface area contributed by atoms with Gasteiger partial charge < -0.3 is 10.3 Å². The highest BCUT2D eigenvalue weighted by Gasteiger charge is 2.36. The molecule has 1 atom stereocenters. The minimum Gasteiger partial charge on any atom is -0.323 e. The van der Waals surface area contributed by atoms with Crippen molar-refractivity contribution in [3.8, 4) is 0 Å². The van der Waals surface area contributed by atoms with Crippen molar-refractivity contribution in [2.45, 2.75) is 24.7 Å². The summed E-state index contributed by atoms with van der Waals surface area (Å²) in [6.07, 6.45) is 0.803. The van der Waals surface area contributed by atoms with Crippen molar-refractivity contribution in [3.63, 3.8) is 0 Å². The summed E-state index contributed by atoms with van der Waals surface area (Å²) in [5, 5.41) is 2.48. The van der Waals surface area contributed by atoms with E-state index in [1.165, 1.54) is 19.1 Å². The van der Waals surface area contributed by atoms with Crippen molar-refractivity contribution < 1.29 is 17.6 Å². The molecule has 0 spiro atoms. The summed E-state index contributed by atoms with van der Waals surface area (Å²) in [6, 6.07) is 4.18. The van der Waals surface area contributed by atoms with Gasteiger partial charge in [0, 0.05) is 23.3 Å². The van der Waals surface area contributed by atoms with Gasteiger partial charge in [0.25, 0.3) is 5.56 Å². The Morgan fingerprint density at radius 2 is 2.03 bits per heavy atom. The average Bonchev–Trinajstić information content (AvgIpc) is 2.63. The maximum atomic E-state index is 14.0. The summed E-state index contributed by atoms with van der Waals surface area (Å²) < 4.78 is 41.4. The summed E-state index contributed by atoms with van der Waals surface area (Å²) in [5.74, 6) is -1.86. The third-order valence-electron chi connectivity index (χ3n) is 4.62. The number of H-pyrrole nitrogens is 2. The van der Waals surface area contributed by atoms with E-state index in [0.717, 1.165) is 4.31 Å². The number of sulfonamides is 1. The number of nitrogens with one attached hydrogen (secondary N) is 3. The Labute approximate surface area is 173 Å². The lowest BCUT2D eigenvalue weighted by Crippen LogP contribution is -2.45. The molecule has 0 aliphatic carbocycles. The Balaban J connectivity index is 1.82. The molecular weight excluding hydrogens is 471 g/mol. The monoisotopic (exact) mass is 488 g/mol. The fourth-order valence-electron chi connectivity index (χ4n) is 3.23. The van der Waals surface area contributed by atoms with Crippen LogP contribution in [0.3, 0.4) is 0 Å². The molecule has 1 saturated heterocycles. The number of hydrogen-bond donors (Lipinski definition) is 3. The second kappa shape index (κ2) is 8.20. The van der Waals surface area contributed by atoms with Crippen LogP contribution in [0, 0.1) is 18.7 Å². The molecule has 2 heterocycles. The van der Waals surface area contributed by atoms with Gasteiger partial charge in [-0.2, -0.15) is 4.31 Å². The van der Waals surface area contributed by atoms with Gasteiger partial charge in [0.2, 0.25) is 15.9 Å². The van der Waals surface area contributed by atoms with Gasteiger partial charge >= 0.3 is 5.69 Å². The highest BCUT2D eigenvalue weighted by Crippen LogP contribution is 2.25. The van der Waals surface area contributed by atoms with Gasteiger partial charge in [0.1, 0.15) is 5.82 Å². The Morgan fingerprint density at radius 3 is 2.69 bits per heavy atom. The van der Waals surface area contributed by atoms with E-state index in [-0.39, 0.29) is 24.5 Å². The van der Waals surface area contributed by atoms with Gasteiger partial charge in [-0.3, -0.25) is 14.6 Å². The molecular formula is C17H18BrFN4O5S. The molecule has 3 N–H and O–H groups in total. The number of amides is 1. The number of nitrogens with zero attached hydrogens (tertiary/aromatic N) is 1. The van der Waals surface area contributed by atoms with E-state index in [4.69, 9.17) is 0 Å². The van der Waals surface area contributed by atoms with Crippen LogP contribution in [0.1, 0.15) is 18.5 Å². The Morgan fingerprint density at radius 1 is 1.31 bits per heavy atom. The molecule has 0 radical (unpaired) electrons. The second-order valence-electron chi connectivity index (χ2n) is 6.68. The van der Waals surface area contributed by atoms with Crippen LogP contribution in [0.15, 0.2) is 37.2 Å². The Hall–Kier alpha value is -2.31. The minimum atomic E-state index is -4.23. The van der Waals surface area contributed by atoms with Crippen LogP contribution >= 0.6 is 15.9 Å². The number of halogens is 2. The fourth-order valence-corrected chi connectivity index (χ4v) is 5.29. The van der Waals surface area contributed by atoms with E-state index < -0.39 is 43.8 Å². The summed E-state index contributed by atoms with van der Waals surface area (Å²) in [6.45, 7) is 1.27. The number of rotatable bonds is 4. The Bertz CT molecular complexity index is 1180. The van der Waals surface area contributed by atoms with Gasteiger partial charge in [-0.05, 0) is 38.0 Å². The van der Waals surface area contributed by atoms with Crippen molar-refractivity contribution >= 4 is 37.5 Å². The largest absolute Gasteiger partial charge is 0.325 e. The number of hydrogen-bond acceptors (Lipinski definition) is 5. The first-order valence-electron chi connectivity index (χ1n) is 8.69. The fraction of sp³-hybridized carbons (Fsp3) is 0.353. The van der Waals surface area contributed by atoms with E-state index in [2.05, 4.69) is 26.2 Å². The van der Waals surface area contributed by atoms with E-state index in [9.17, 15) is 27.2 Å². The summed E-state index contributed by atoms with van der Waals surface area (Å²) in [7, 11) is -4.23. The summed E-state index contributed by atoms with van der Waals surface area (Å²) >= 11 is 3.13. The van der Waals surface area contributed by atoms with E-state index in [1.807, 2.05) is 4.98 Å². The minimum absolute atomic E-state index is 0.00824. The molecule has 2 aromatic rings. The number of anilines is 1. The summed E-state index contributed by atoms with van der Waals surface area (Å²) in [4.78, 5) is 39.6. The number of carbonyl (C=O) groups excluding carboxylic acids is 1. The van der Waals surface area contributed by atoms with Crippen LogP contribution in [-0.4, -0.2) is 41.7 Å². The molecule has 3 rings (SSSR count). The van der Waals surface area contributed by atoms with Gasteiger partial charge in [-0.1, -0.05) is 15.9 Å². The maximum absolute atomic E-state index is 14.0. The first kappa shape index (κ1) is 21.4. The molecule has 1 aliphatic rings. The number of aryl methyl sites for hydroxylation is 1. The van der Waals surface area contributed by atoms with Crippen LogP contribution in [0.25, 0.3) is 0 Å². The third-order valence-corrected chi connectivity index (χ3v) is 7.13. The SMILES string of the molecule is Cc1[nH]c(=O)[nH]c(=O)c1S(=O)(=O)N1CCC[C@@H](C(=O)Nc2ccc(Br)cc2F)C1. The molecule has 0 unspecified atom stereocenters. The quantitative estimate of drug-likeness (QED) is 0.596. The van der Waals surface area contributed by atoms with E-state index in [0.29, 0.717) is 17.3 Å². The molecule has 1 aromatic carbocycles. The van der Waals surface area contributed by atoms with E-state index >= 15 is 0 Å². The third kappa shape index (κ3) is 4.49.